The van der Waals surface area contributed by atoms with Crippen LogP contribution < -0.4 is 5.32 Å². The Bertz CT molecular complexity index is 829. The summed E-state index contributed by atoms with van der Waals surface area (Å²) in [6.07, 6.45) is 1.23. The molecule has 0 saturated heterocycles. The lowest BCUT2D eigenvalue weighted by Gasteiger charge is -2.15. The maximum atomic E-state index is 12.4. The number of amides is 2. The third kappa shape index (κ3) is 3.14. The summed E-state index contributed by atoms with van der Waals surface area (Å²) in [7, 11) is 0. The van der Waals surface area contributed by atoms with Gasteiger partial charge in [0, 0.05) is 23.9 Å². The molecule has 2 aromatic carbocycles. The molecule has 1 aliphatic heterocycles. The van der Waals surface area contributed by atoms with Gasteiger partial charge in [0.1, 0.15) is 5.70 Å². The molecule has 2 amide bonds. The number of anilines is 1. The van der Waals surface area contributed by atoms with Gasteiger partial charge in [0.25, 0.3) is 17.5 Å². The molecule has 0 aromatic heterocycles. The van der Waals surface area contributed by atoms with Gasteiger partial charge in [0.15, 0.2) is 0 Å². The first-order valence-electron chi connectivity index (χ1n) is 7.17. The first-order chi connectivity index (χ1) is 11.5. The molecule has 1 heterocycles. The van der Waals surface area contributed by atoms with Crippen LogP contribution in [0.1, 0.15) is 5.56 Å². The highest BCUT2D eigenvalue weighted by atomic mass is 16.6. The van der Waals surface area contributed by atoms with E-state index in [0.29, 0.717) is 5.69 Å². The number of imide groups is 1. The summed E-state index contributed by atoms with van der Waals surface area (Å²) >= 11 is 0. The summed E-state index contributed by atoms with van der Waals surface area (Å²) in [6.45, 7) is 0.195. The number of carbonyl (C=O) groups is 2. The molecule has 0 spiro atoms. The molecular formula is C17H13N3O4. The summed E-state index contributed by atoms with van der Waals surface area (Å²) in [5.74, 6) is -0.824. The van der Waals surface area contributed by atoms with E-state index in [1.165, 1.54) is 30.3 Å². The van der Waals surface area contributed by atoms with Gasteiger partial charge in [-0.15, -0.1) is 0 Å². The van der Waals surface area contributed by atoms with E-state index in [9.17, 15) is 19.7 Å². The van der Waals surface area contributed by atoms with E-state index < -0.39 is 16.7 Å². The molecule has 0 saturated carbocycles. The standard InChI is InChI=1S/C17H13N3O4/c21-16-10-15(18-13-6-8-14(9-7-13)20(23)24)17(22)19(16)11-12-4-2-1-3-5-12/h1-10,18H,11H2. The number of nitro groups is 1. The Morgan fingerprint density at radius 3 is 2.29 bits per heavy atom. The molecule has 2 aromatic rings. The van der Waals surface area contributed by atoms with E-state index >= 15 is 0 Å². The Kier molecular flexibility index (Phi) is 4.07. The van der Waals surface area contributed by atoms with E-state index in [0.717, 1.165) is 10.5 Å². The van der Waals surface area contributed by atoms with Crippen molar-refractivity contribution in [1.29, 1.82) is 0 Å². The van der Waals surface area contributed by atoms with E-state index in [1.807, 2.05) is 30.3 Å². The summed E-state index contributed by atoms with van der Waals surface area (Å²) in [5.41, 5.74) is 1.44. The van der Waals surface area contributed by atoms with Crippen molar-refractivity contribution in [3.8, 4) is 0 Å². The number of non-ortho nitro benzene ring substituents is 1. The van der Waals surface area contributed by atoms with Crippen molar-refractivity contribution in [3.05, 3.63) is 82.0 Å². The van der Waals surface area contributed by atoms with Crippen molar-refractivity contribution in [1.82, 2.24) is 4.90 Å². The maximum absolute atomic E-state index is 12.4. The fraction of sp³-hybridized carbons (Fsp3) is 0.0588. The molecule has 24 heavy (non-hydrogen) atoms. The zero-order chi connectivity index (χ0) is 17.1. The molecule has 0 radical (unpaired) electrons. The number of rotatable bonds is 5. The van der Waals surface area contributed by atoms with Crippen LogP contribution in [0.2, 0.25) is 0 Å². The van der Waals surface area contributed by atoms with Crippen LogP contribution >= 0.6 is 0 Å². The van der Waals surface area contributed by atoms with Crippen molar-refractivity contribution in [2.45, 2.75) is 6.54 Å². The van der Waals surface area contributed by atoms with E-state index in [-0.39, 0.29) is 17.9 Å². The minimum Gasteiger partial charge on any atom is -0.351 e. The zero-order valence-corrected chi connectivity index (χ0v) is 12.5. The second-order valence-electron chi connectivity index (χ2n) is 5.20. The molecule has 7 nitrogen and oxygen atoms in total. The summed E-state index contributed by atoms with van der Waals surface area (Å²) in [4.78, 5) is 35.7. The number of benzene rings is 2. The molecule has 0 bridgehead atoms. The first-order valence-corrected chi connectivity index (χ1v) is 7.17. The summed E-state index contributed by atoms with van der Waals surface area (Å²) < 4.78 is 0. The minimum atomic E-state index is -0.505. The van der Waals surface area contributed by atoms with Gasteiger partial charge in [0.2, 0.25) is 0 Å². The van der Waals surface area contributed by atoms with E-state index in [2.05, 4.69) is 5.32 Å². The molecule has 1 aliphatic rings. The van der Waals surface area contributed by atoms with Crippen LogP contribution in [0.3, 0.4) is 0 Å². The molecule has 0 aliphatic carbocycles. The van der Waals surface area contributed by atoms with Gasteiger partial charge in [0.05, 0.1) is 11.5 Å². The summed E-state index contributed by atoms with van der Waals surface area (Å²) in [6, 6.07) is 14.8. The highest BCUT2D eigenvalue weighted by Gasteiger charge is 2.31. The van der Waals surface area contributed by atoms with Crippen LogP contribution in [-0.2, 0) is 16.1 Å². The van der Waals surface area contributed by atoms with Crippen LogP contribution in [-0.4, -0.2) is 21.6 Å². The predicted molar refractivity (Wildman–Crippen MR) is 86.8 cm³/mol. The van der Waals surface area contributed by atoms with Crippen molar-refractivity contribution in [3.63, 3.8) is 0 Å². The number of hydrogen-bond acceptors (Lipinski definition) is 5. The van der Waals surface area contributed by atoms with E-state index in [4.69, 9.17) is 0 Å². The van der Waals surface area contributed by atoms with Crippen LogP contribution in [0.15, 0.2) is 66.4 Å². The first kappa shape index (κ1) is 15.4. The number of nitrogens with one attached hydrogen (secondary N) is 1. The number of hydrogen-bond donors (Lipinski definition) is 1. The Hall–Kier alpha value is -3.48. The maximum Gasteiger partial charge on any atom is 0.277 e. The number of carbonyl (C=O) groups excluding carboxylic acids is 2. The van der Waals surface area contributed by atoms with Gasteiger partial charge in [-0.05, 0) is 17.7 Å². The van der Waals surface area contributed by atoms with Gasteiger partial charge in [-0.25, -0.2) is 0 Å². The Morgan fingerprint density at radius 2 is 1.67 bits per heavy atom. The van der Waals surface area contributed by atoms with Crippen LogP contribution in [0.25, 0.3) is 0 Å². The smallest absolute Gasteiger partial charge is 0.277 e. The zero-order valence-electron chi connectivity index (χ0n) is 12.5. The third-order valence-corrected chi connectivity index (χ3v) is 3.55. The lowest BCUT2D eigenvalue weighted by Crippen LogP contribution is -2.31. The molecular weight excluding hydrogens is 310 g/mol. The van der Waals surface area contributed by atoms with Gasteiger partial charge in [-0.2, -0.15) is 0 Å². The molecule has 7 heteroatoms. The Morgan fingerprint density at radius 1 is 1.00 bits per heavy atom. The average Bonchev–Trinajstić information content (AvgIpc) is 2.84. The predicted octanol–water partition coefficient (Wildman–Crippen LogP) is 2.46. The minimum absolute atomic E-state index is 0.0472. The highest BCUT2D eigenvalue weighted by Crippen LogP contribution is 2.21. The molecule has 0 unspecified atom stereocenters. The van der Waals surface area contributed by atoms with Crippen molar-refractivity contribution in [2.75, 3.05) is 5.32 Å². The summed E-state index contributed by atoms with van der Waals surface area (Å²) in [5, 5.41) is 13.5. The number of nitrogens with zero attached hydrogens (tertiary/aromatic N) is 2. The third-order valence-electron chi connectivity index (χ3n) is 3.55. The van der Waals surface area contributed by atoms with Crippen LogP contribution in [0.4, 0.5) is 11.4 Å². The fourth-order valence-electron chi connectivity index (χ4n) is 2.34. The average molecular weight is 323 g/mol. The van der Waals surface area contributed by atoms with Crippen LogP contribution in [0, 0.1) is 10.1 Å². The second-order valence-corrected chi connectivity index (χ2v) is 5.20. The Labute approximate surface area is 137 Å². The van der Waals surface area contributed by atoms with Gasteiger partial charge in [-0.1, -0.05) is 30.3 Å². The fourth-order valence-corrected chi connectivity index (χ4v) is 2.34. The lowest BCUT2D eigenvalue weighted by molar-refractivity contribution is -0.384. The molecule has 3 rings (SSSR count). The topological polar surface area (TPSA) is 92.5 Å². The van der Waals surface area contributed by atoms with Crippen molar-refractivity contribution in [2.24, 2.45) is 0 Å². The van der Waals surface area contributed by atoms with Gasteiger partial charge in [-0.3, -0.25) is 24.6 Å². The largest absolute Gasteiger partial charge is 0.351 e. The van der Waals surface area contributed by atoms with Crippen LogP contribution in [0.5, 0.6) is 0 Å². The lowest BCUT2D eigenvalue weighted by atomic mass is 10.2. The Balaban J connectivity index is 1.71. The van der Waals surface area contributed by atoms with Gasteiger partial charge >= 0.3 is 0 Å². The van der Waals surface area contributed by atoms with Crippen molar-refractivity contribution < 1.29 is 14.5 Å². The monoisotopic (exact) mass is 323 g/mol. The molecule has 0 atom stereocenters. The second kappa shape index (κ2) is 6.33. The molecule has 0 fully saturated rings. The number of nitro benzene ring substituents is 1. The molecule has 1 N–H and O–H groups in total. The SMILES string of the molecule is O=C1C=C(Nc2ccc([N+](=O)[O-])cc2)C(=O)N1Cc1ccccc1. The van der Waals surface area contributed by atoms with Crippen molar-refractivity contribution >= 4 is 23.2 Å². The van der Waals surface area contributed by atoms with Gasteiger partial charge < -0.3 is 5.32 Å². The van der Waals surface area contributed by atoms with E-state index in [1.54, 1.807) is 0 Å². The highest BCUT2D eigenvalue weighted by molar-refractivity contribution is 6.17. The normalized spacial score (nSPS) is 13.8. The molecule has 120 valence electrons. The quantitative estimate of drug-likeness (QED) is 0.518.